The lowest BCUT2D eigenvalue weighted by Gasteiger charge is -2.27. The van der Waals surface area contributed by atoms with Crippen LogP contribution in [0.3, 0.4) is 0 Å². The normalized spacial score (nSPS) is 20.8. The topological polar surface area (TPSA) is 75.4 Å². The average Bonchev–Trinajstić information content (AvgIpc) is 3.18. The SMILES string of the molecule is Cc1cccc(-c2sc(C)nc2C(=O)N2C[C@@H]3C[C@@H]3[C@H]2CNC(=O)c2ccc(Cl)c3occc23)c1. The van der Waals surface area contributed by atoms with Crippen LogP contribution in [0.4, 0.5) is 0 Å². The van der Waals surface area contributed by atoms with Crippen LogP contribution >= 0.6 is 22.9 Å². The smallest absolute Gasteiger partial charge is 0.274 e. The zero-order valence-electron chi connectivity index (χ0n) is 19.4. The molecule has 2 amide bonds. The van der Waals surface area contributed by atoms with Gasteiger partial charge in [-0.3, -0.25) is 9.59 Å². The number of furan rings is 1. The van der Waals surface area contributed by atoms with E-state index in [4.69, 9.17) is 16.0 Å². The molecule has 0 spiro atoms. The zero-order valence-corrected chi connectivity index (χ0v) is 20.9. The Balaban J connectivity index is 1.23. The monoisotopic (exact) mass is 505 g/mol. The fraction of sp³-hybridized carbons (Fsp3) is 0.296. The predicted octanol–water partition coefficient (Wildman–Crippen LogP) is 5.72. The Morgan fingerprint density at radius 2 is 2.09 bits per heavy atom. The Kier molecular flexibility index (Phi) is 5.42. The van der Waals surface area contributed by atoms with E-state index in [-0.39, 0.29) is 17.9 Å². The molecular formula is C27H24ClN3O3S. The number of likely N-dealkylation sites (tertiary alicyclic amines) is 1. The summed E-state index contributed by atoms with van der Waals surface area (Å²) in [7, 11) is 0. The minimum absolute atomic E-state index is 0.0454. The maximum absolute atomic E-state index is 13.7. The summed E-state index contributed by atoms with van der Waals surface area (Å²) in [6, 6.07) is 13.2. The second-order valence-corrected chi connectivity index (χ2v) is 11.0. The number of thiazole rings is 1. The third-order valence-electron chi connectivity index (χ3n) is 7.07. The molecule has 2 fully saturated rings. The Morgan fingerprint density at radius 3 is 2.91 bits per heavy atom. The highest BCUT2D eigenvalue weighted by Gasteiger charge is 2.54. The molecule has 6 nitrogen and oxygen atoms in total. The largest absolute Gasteiger partial charge is 0.463 e. The lowest BCUT2D eigenvalue weighted by atomic mass is 10.1. The number of hydrogen-bond acceptors (Lipinski definition) is 5. The van der Waals surface area contributed by atoms with Gasteiger partial charge in [0.15, 0.2) is 5.58 Å². The van der Waals surface area contributed by atoms with Gasteiger partial charge in [0.1, 0.15) is 5.69 Å². The van der Waals surface area contributed by atoms with Gasteiger partial charge in [-0.05, 0) is 55.9 Å². The number of amides is 2. The molecule has 4 aromatic rings. The standard InChI is InChI=1S/C27H24ClN3O3S/c1-14-4-3-5-16(10-14)25-23(30-15(2)35-25)27(33)31-13-17-11-20(17)22(31)12-29-26(32)19-6-7-21(28)24-18(19)8-9-34-24/h3-10,17,20,22H,11-13H2,1-2H3,(H,29,32)/t17-,20-,22+/m0/s1. The minimum Gasteiger partial charge on any atom is -0.463 e. The highest BCUT2D eigenvalue weighted by Crippen LogP contribution is 2.50. The molecule has 3 heterocycles. The lowest BCUT2D eigenvalue weighted by molar-refractivity contribution is 0.0690. The van der Waals surface area contributed by atoms with E-state index < -0.39 is 0 Å². The van der Waals surface area contributed by atoms with Gasteiger partial charge in [0.2, 0.25) is 0 Å². The van der Waals surface area contributed by atoms with Crippen LogP contribution in [0, 0.1) is 25.7 Å². The molecule has 35 heavy (non-hydrogen) atoms. The third kappa shape index (κ3) is 3.93. The van der Waals surface area contributed by atoms with E-state index in [9.17, 15) is 9.59 Å². The molecule has 1 aliphatic carbocycles. The summed E-state index contributed by atoms with van der Waals surface area (Å²) in [6.07, 6.45) is 2.62. The van der Waals surface area contributed by atoms with Gasteiger partial charge in [-0.1, -0.05) is 41.4 Å². The van der Waals surface area contributed by atoms with Gasteiger partial charge in [0.05, 0.1) is 32.8 Å². The number of nitrogens with one attached hydrogen (secondary N) is 1. The van der Waals surface area contributed by atoms with Crippen molar-refractivity contribution in [2.24, 2.45) is 11.8 Å². The number of fused-ring (bicyclic) bond motifs is 2. The quantitative estimate of drug-likeness (QED) is 0.376. The van der Waals surface area contributed by atoms with Crippen molar-refractivity contribution in [2.45, 2.75) is 26.3 Å². The Morgan fingerprint density at radius 1 is 1.23 bits per heavy atom. The van der Waals surface area contributed by atoms with Crippen LogP contribution in [0.2, 0.25) is 5.02 Å². The average molecular weight is 506 g/mol. The number of rotatable bonds is 5. The molecule has 1 aliphatic heterocycles. The first-order valence-corrected chi connectivity index (χ1v) is 12.9. The number of benzene rings is 2. The summed E-state index contributed by atoms with van der Waals surface area (Å²) in [5.74, 6) is 0.662. The molecule has 8 heteroatoms. The molecule has 2 aromatic carbocycles. The van der Waals surface area contributed by atoms with E-state index in [0.29, 0.717) is 52.2 Å². The van der Waals surface area contributed by atoms with Crippen molar-refractivity contribution < 1.29 is 14.0 Å². The lowest BCUT2D eigenvalue weighted by Crippen LogP contribution is -2.45. The van der Waals surface area contributed by atoms with E-state index in [1.165, 1.54) is 6.26 Å². The fourth-order valence-electron chi connectivity index (χ4n) is 5.28. The molecular weight excluding hydrogens is 482 g/mol. The van der Waals surface area contributed by atoms with Crippen LogP contribution in [0.5, 0.6) is 0 Å². The van der Waals surface area contributed by atoms with Crippen molar-refractivity contribution in [1.82, 2.24) is 15.2 Å². The Bertz CT molecular complexity index is 1480. The van der Waals surface area contributed by atoms with Gasteiger partial charge in [-0.15, -0.1) is 11.3 Å². The van der Waals surface area contributed by atoms with Gasteiger partial charge >= 0.3 is 0 Å². The second kappa shape index (κ2) is 8.50. The van der Waals surface area contributed by atoms with Crippen molar-refractivity contribution >= 4 is 45.7 Å². The maximum atomic E-state index is 13.7. The molecule has 0 bridgehead atoms. The molecule has 0 radical (unpaired) electrons. The second-order valence-electron chi connectivity index (χ2n) is 9.43. The zero-order chi connectivity index (χ0) is 24.3. The summed E-state index contributed by atoms with van der Waals surface area (Å²) >= 11 is 7.73. The van der Waals surface area contributed by atoms with Crippen molar-refractivity contribution in [2.75, 3.05) is 13.1 Å². The number of piperidine rings is 1. The Hall–Kier alpha value is -3.16. The van der Waals surface area contributed by atoms with E-state index >= 15 is 0 Å². The molecule has 2 aromatic heterocycles. The molecule has 2 aliphatic rings. The summed E-state index contributed by atoms with van der Waals surface area (Å²) < 4.78 is 5.42. The third-order valence-corrected chi connectivity index (χ3v) is 8.38. The first-order chi connectivity index (χ1) is 16.9. The summed E-state index contributed by atoms with van der Waals surface area (Å²) in [5.41, 5.74) is 3.68. The molecule has 1 N–H and O–H groups in total. The van der Waals surface area contributed by atoms with Crippen molar-refractivity contribution in [3.63, 3.8) is 0 Å². The van der Waals surface area contributed by atoms with Crippen LogP contribution in [0.25, 0.3) is 21.4 Å². The summed E-state index contributed by atoms with van der Waals surface area (Å²) in [6.45, 7) is 5.09. The highest BCUT2D eigenvalue weighted by molar-refractivity contribution is 7.15. The van der Waals surface area contributed by atoms with Crippen LogP contribution < -0.4 is 5.32 Å². The van der Waals surface area contributed by atoms with Gasteiger partial charge in [0.25, 0.3) is 11.8 Å². The number of nitrogens with zero attached hydrogens (tertiary/aromatic N) is 2. The first-order valence-electron chi connectivity index (χ1n) is 11.7. The molecule has 1 saturated heterocycles. The van der Waals surface area contributed by atoms with E-state index in [1.54, 1.807) is 29.5 Å². The van der Waals surface area contributed by atoms with Gasteiger partial charge in [-0.2, -0.15) is 0 Å². The molecule has 0 unspecified atom stereocenters. The number of aryl methyl sites for hydroxylation is 2. The number of halogens is 1. The highest BCUT2D eigenvalue weighted by atomic mass is 35.5. The number of carbonyl (C=O) groups excluding carboxylic acids is 2. The number of hydrogen-bond donors (Lipinski definition) is 1. The van der Waals surface area contributed by atoms with Crippen LogP contribution in [0.15, 0.2) is 53.1 Å². The van der Waals surface area contributed by atoms with Gasteiger partial charge in [0, 0.05) is 18.5 Å². The van der Waals surface area contributed by atoms with Gasteiger partial charge < -0.3 is 14.6 Å². The van der Waals surface area contributed by atoms with Crippen molar-refractivity contribution in [1.29, 1.82) is 0 Å². The molecule has 1 saturated carbocycles. The van der Waals surface area contributed by atoms with Crippen molar-refractivity contribution in [3.8, 4) is 10.4 Å². The molecule has 3 atom stereocenters. The minimum atomic E-state index is -0.200. The van der Waals surface area contributed by atoms with E-state index in [0.717, 1.165) is 27.4 Å². The van der Waals surface area contributed by atoms with Gasteiger partial charge in [-0.25, -0.2) is 4.98 Å². The van der Waals surface area contributed by atoms with Crippen LogP contribution in [-0.2, 0) is 0 Å². The van der Waals surface area contributed by atoms with E-state index in [2.05, 4.69) is 16.4 Å². The number of carbonyl (C=O) groups is 2. The maximum Gasteiger partial charge on any atom is 0.274 e. The first kappa shape index (κ1) is 22.3. The summed E-state index contributed by atoms with van der Waals surface area (Å²) in [4.78, 5) is 34.3. The Labute approximate surface area is 211 Å². The van der Waals surface area contributed by atoms with Crippen LogP contribution in [0.1, 0.15) is 37.8 Å². The number of aromatic nitrogens is 1. The van der Waals surface area contributed by atoms with Crippen molar-refractivity contribution in [3.05, 3.63) is 75.6 Å². The molecule has 178 valence electrons. The van der Waals surface area contributed by atoms with E-state index in [1.807, 2.05) is 36.9 Å². The summed E-state index contributed by atoms with van der Waals surface area (Å²) in [5, 5.41) is 5.08. The molecule has 6 rings (SSSR count). The predicted molar refractivity (Wildman–Crippen MR) is 137 cm³/mol. The van der Waals surface area contributed by atoms with Crippen LogP contribution in [-0.4, -0.2) is 40.8 Å². The fourth-order valence-corrected chi connectivity index (χ4v) is 6.39.